The van der Waals surface area contributed by atoms with E-state index in [1.165, 1.54) is 0 Å². The molecule has 1 heterocycles. The third kappa shape index (κ3) is 3.38. The molecule has 5 aromatic rings. The maximum absolute atomic E-state index is 13.3. The van der Waals surface area contributed by atoms with Crippen LogP contribution in [0.1, 0.15) is 17.2 Å². The van der Waals surface area contributed by atoms with E-state index in [1.54, 1.807) is 18.2 Å². The molecule has 0 fully saturated rings. The average molecular weight is 413 g/mol. The van der Waals surface area contributed by atoms with Crippen LogP contribution in [0.3, 0.4) is 0 Å². The molecule has 0 aliphatic heterocycles. The number of rotatable bonds is 5. The van der Waals surface area contributed by atoms with Gasteiger partial charge in [0.25, 0.3) is 0 Å². The van der Waals surface area contributed by atoms with Crippen molar-refractivity contribution in [2.24, 2.45) is 0 Å². The molecule has 0 spiro atoms. The highest BCUT2D eigenvalue weighted by Gasteiger charge is 2.23. The summed E-state index contributed by atoms with van der Waals surface area (Å²) in [6.45, 7) is 0. The van der Waals surface area contributed by atoms with E-state index in [-0.39, 0.29) is 4.90 Å². The standard InChI is InChI=1S/C25H19NO3S/c27-30(28,20-15-16-24-22(17-20)21-13-7-8-14-23(21)29-24)26-25(18-9-3-1-4-10-18)19-11-5-2-6-12-19/h1-17,25-26H. The fourth-order valence-electron chi connectivity index (χ4n) is 3.72. The van der Waals surface area contributed by atoms with E-state index < -0.39 is 16.1 Å². The van der Waals surface area contributed by atoms with E-state index in [2.05, 4.69) is 4.72 Å². The molecule has 5 rings (SSSR count). The zero-order chi connectivity index (χ0) is 20.6. The Morgan fingerprint density at radius 3 is 1.87 bits per heavy atom. The average Bonchev–Trinajstić information content (AvgIpc) is 3.17. The summed E-state index contributed by atoms with van der Waals surface area (Å²) in [7, 11) is -3.79. The Morgan fingerprint density at radius 1 is 0.633 bits per heavy atom. The van der Waals surface area contributed by atoms with Gasteiger partial charge in [0, 0.05) is 10.8 Å². The molecule has 0 atom stereocenters. The van der Waals surface area contributed by atoms with Crippen LogP contribution in [0.25, 0.3) is 21.9 Å². The van der Waals surface area contributed by atoms with Crippen LogP contribution in [0.5, 0.6) is 0 Å². The number of furan rings is 1. The van der Waals surface area contributed by atoms with Crippen molar-refractivity contribution in [2.45, 2.75) is 10.9 Å². The molecule has 0 aliphatic carbocycles. The summed E-state index contributed by atoms with van der Waals surface area (Å²) in [4.78, 5) is 0.207. The third-order valence-corrected chi connectivity index (χ3v) is 6.62. The summed E-state index contributed by atoms with van der Waals surface area (Å²) >= 11 is 0. The molecule has 0 radical (unpaired) electrons. The predicted molar refractivity (Wildman–Crippen MR) is 119 cm³/mol. The minimum atomic E-state index is -3.79. The number of hydrogen-bond donors (Lipinski definition) is 1. The van der Waals surface area contributed by atoms with Gasteiger partial charge in [-0.25, -0.2) is 8.42 Å². The molecule has 4 nitrogen and oxygen atoms in total. The molecule has 0 amide bonds. The highest BCUT2D eigenvalue weighted by Crippen LogP contribution is 2.31. The van der Waals surface area contributed by atoms with Gasteiger partial charge in [-0.1, -0.05) is 78.9 Å². The normalized spacial score (nSPS) is 12.0. The van der Waals surface area contributed by atoms with E-state index in [0.29, 0.717) is 5.58 Å². The Morgan fingerprint density at radius 2 is 1.20 bits per heavy atom. The summed E-state index contributed by atoms with van der Waals surface area (Å²) in [5, 5.41) is 1.68. The lowest BCUT2D eigenvalue weighted by molar-refractivity contribution is 0.572. The molecular weight excluding hydrogens is 394 g/mol. The van der Waals surface area contributed by atoms with Crippen LogP contribution in [0.2, 0.25) is 0 Å². The van der Waals surface area contributed by atoms with Gasteiger partial charge < -0.3 is 4.42 Å². The van der Waals surface area contributed by atoms with Gasteiger partial charge in [0.05, 0.1) is 10.9 Å². The van der Waals surface area contributed by atoms with Crippen LogP contribution >= 0.6 is 0 Å². The molecule has 1 aromatic heterocycles. The van der Waals surface area contributed by atoms with Crippen molar-refractivity contribution in [3.8, 4) is 0 Å². The van der Waals surface area contributed by atoms with Gasteiger partial charge in [-0.2, -0.15) is 4.72 Å². The maximum atomic E-state index is 13.3. The molecule has 0 aliphatic rings. The quantitative estimate of drug-likeness (QED) is 0.405. The molecular formula is C25H19NO3S. The van der Waals surface area contributed by atoms with Crippen LogP contribution in [0.15, 0.2) is 112 Å². The summed E-state index contributed by atoms with van der Waals surface area (Å²) < 4.78 is 35.4. The number of benzene rings is 4. The van der Waals surface area contributed by atoms with Gasteiger partial charge in [-0.3, -0.25) is 0 Å². The molecule has 0 saturated heterocycles. The Hall–Kier alpha value is -3.41. The van der Waals surface area contributed by atoms with Crippen molar-refractivity contribution in [3.05, 3.63) is 114 Å². The van der Waals surface area contributed by atoms with Crippen LogP contribution in [0, 0.1) is 0 Å². The van der Waals surface area contributed by atoms with Gasteiger partial charge in [0.15, 0.2) is 0 Å². The minimum Gasteiger partial charge on any atom is -0.456 e. The second-order valence-corrected chi connectivity index (χ2v) is 8.85. The number of hydrogen-bond acceptors (Lipinski definition) is 3. The third-order valence-electron chi connectivity index (χ3n) is 5.20. The van der Waals surface area contributed by atoms with Gasteiger partial charge >= 0.3 is 0 Å². The molecule has 1 N–H and O–H groups in total. The van der Waals surface area contributed by atoms with Crippen LogP contribution in [-0.2, 0) is 10.0 Å². The monoisotopic (exact) mass is 413 g/mol. The predicted octanol–water partition coefficient (Wildman–Crippen LogP) is 5.65. The van der Waals surface area contributed by atoms with E-state index >= 15 is 0 Å². The van der Waals surface area contributed by atoms with E-state index in [1.807, 2.05) is 84.9 Å². The highest BCUT2D eigenvalue weighted by atomic mass is 32.2. The Kier molecular flexibility index (Phi) is 4.62. The van der Waals surface area contributed by atoms with Crippen molar-refractivity contribution in [2.75, 3.05) is 0 Å². The summed E-state index contributed by atoms with van der Waals surface area (Å²) in [6, 6.07) is 31.3. The zero-order valence-electron chi connectivity index (χ0n) is 16.0. The smallest absolute Gasteiger partial charge is 0.241 e. The van der Waals surface area contributed by atoms with Crippen LogP contribution in [0.4, 0.5) is 0 Å². The molecule has 148 valence electrons. The SMILES string of the molecule is O=S(=O)(NC(c1ccccc1)c1ccccc1)c1ccc2oc3ccccc3c2c1. The van der Waals surface area contributed by atoms with Crippen LogP contribution < -0.4 is 4.72 Å². The number of para-hydroxylation sites is 1. The lowest BCUT2D eigenvalue weighted by Crippen LogP contribution is -2.29. The first-order chi connectivity index (χ1) is 14.6. The van der Waals surface area contributed by atoms with Gasteiger partial charge in [-0.15, -0.1) is 0 Å². The lowest BCUT2D eigenvalue weighted by Gasteiger charge is -2.20. The lowest BCUT2D eigenvalue weighted by atomic mass is 10.00. The van der Waals surface area contributed by atoms with Crippen molar-refractivity contribution in [1.29, 1.82) is 0 Å². The second kappa shape index (κ2) is 7.44. The summed E-state index contributed by atoms with van der Waals surface area (Å²) in [5.74, 6) is 0. The van der Waals surface area contributed by atoms with Crippen LogP contribution in [-0.4, -0.2) is 8.42 Å². The molecule has 4 aromatic carbocycles. The zero-order valence-corrected chi connectivity index (χ0v) is 16.8. The van der Waals surface area contributed by atoms with E-state index in [0.717, 1.165) is 27.5 Å². The van der Waals surface area contributed by atoms with Crippen molar-refractivity contribution >= 4 is 32.0 Å². The first-order valence-electron chi connectivity index (χ1n) is 9.65. The Bertz CT molecular complexity index is 1390. The number of sulfonamides is 1. The van der Waals surface area contributed by atoms with Gasteiger partial charge in [0.1, 0.15) is 11.2 Å². The molecule has 30 heavy (non-hydrogen) atoms. The summed E-state index contributed by atoms with van der Waals surface area (Å²) in [5.41, 5.74) is 3.16. The van der Waals surface area contributed by atoms with Crippen molar-refractivity contribution in [1.82, 2.24) is 4.72 Å². The summed E-state index contributed by atoms with van der Waals surface area (Å²) in [6.07, 6.45) is 0. The maximum Gasteiger partial charge on any atom is 0.241 e. The topological polar surface area (TPSA) is 59.3 Å². The first kappa shape index (κ1) is 18.6. The molecule has 0 saturated carbocycles. The van der Waals surface area contributed by atoms with E-state index in [9.17, 15) is 8.42 Å². The molecule has 0 bridgehead atoms. The molecule has 0 unspecified atom stereocenters. The van der Waals surface area contributed by atoms with Gasteiger partial charge in [-0.05, 0) is 35.4 Å². The minimum absolute atomic E-state index is 0.207. The van der Waals surface area contributed by atoms with Crippen molar-refractivity contribution < 1.29 is 12.8 Å². The fourth-order valence-corrected chi connectivity index (χ4v) is 4.95. The Labute approximate surface area is 174 Å². The van der Waals surface area contributed by atoms with E-state index in [4.69, 9.17) is 4.42 Å². The number of fused-ring (bicyclic) bond motifs is 3. The van der Waals surface area contributed by atoms with Gasteiger partial charge in [0.2, 0.25) is 10.0 Å². The first-order valence-corrected chi connectivity index (χ1v) is 11.1. The van der Waals surface area contributed by atoms with Crippen molar-refractivity contribution in [3.63, 3.8) is 0 Å². The molecule has 5 heteroatoms. The largest absolute Gasteiger partial charge is 0.456 e. The fraction of sp³-hybridized carbons (Fsp3) is 0.0400. The number of nitrogens with one attached hydrogen (secondary N) is 1. The Balaban J connectivity index is 1.59. The second-order valence-electron chi connectivity index (χ2n) is 7.13. The highest BCUT2D eigenvalue weighted by molar-refractivity contribution is 7.89.